The first-order chi connectivity index (χ1) is 8.15. The second kappa shape index (κ2) is 4.91. The van der Waals surface area contributed by atoms with Gasteiger partial charge < -0.3 is 10.5 Å². The van der Waals surface area contributed by atoms with Crippen LogP contribution in [0.1, 0.15) is 16.7 Å². The number of nitrogens with two attached hydrogens (primary N) is 1. The van der Waals surface area contributed by atoms with Crippen LogP contribution in [0.3, 0.4) is 0 Å². The average Bonchev–Trinajstić information content (AvgIpc) is 2.28. The van der Waals surface area contributed by atoms with Gasteiger partial charge in [-0.05, 0) is 37.1 Å². The minimum atomic E-state index is 0.551. The lowest BCUT2D eigenvalue weighted by atomic mass is 10.1. The molecule has 0 heterocycles. The van der Waals surface area contributed by atoms with Crippen molar-refractivity contribution in [1.82, 2.24) is 0 Å². The molecule has 17 heavy (non-hydrogen) atoms. The zero-order valence-corrected chi connectivity index (χ0v) is 10.2. The summed E-state index contributed by atoms with van der Waals surface area (Å²) in [4.78, 5) is 0. The maximum atomic E-state index is 5.89. The minimum Gasteiger partial charge on any atom is -0.487 e. The predicted molar refractivity (Wildman–Crippen MR) is 71.1 cm³/mol. The Hall–Kier alpha value is -1.96. The third-order valence-corrected chi connectivity index (χ3v) is 2.64. The Kier molecular flexibility index (Phi) is 3.33. The summed E-state index contributed by atoms with van der Waals surface area (Å²) >= 11 is 0. The summed E-state index contributed by atoms with van der Waals surface area (Å²) in [5.74, 6) is 0.747. The van der Waals surface area contributed by atoms with Crippen molar-refractivity contribution >= 4 is 5.69 Å². The van der Waals surface area contributed by atoms with Gasteiger partial charge in [0.05, 0.1) is 5.69 Å². The van der Waals surface area contributed by atoms with Gasteiger partial charge in [-0.2, -0.15) is 0 Å². The Labute approximate surface area is 102 Å². The molecule has 0 aromatic heterocycles. The topological polar surface area (TPSA) is 35.2 Å². The summed E-state index contributed by atoms with van der Waals surface area (Å²) in [6, 6.07) is 14.1. The Morgan fingerprint density at radius 3 is 2.47 bits per heavy atom. The Morgan fingerprint density at radius 2 is 1.76 bits per heavy atom. The summed E-state index contributed by atoms with van der Waals surface area (Å²) in [6.45, 7) is 4.64. The number of hydrogen-bond acceptors (Lipinski definition) is 2. The molecule has 0 bridgehead atoms. The van der Waals surface area contributed by atoms with Crippen molar-refractivity contribution in [2.75, 3.05) is 5.73 Å². The molecule has 2 nitrogen and oxygen atoms in total. The molecule has 0 spiro atoms. The fourth-order valence-electron chi connectivity index (χ4n) is 1.76. The molecule has 0 radical (unpaired) electrons. The largest absolute Gasteiger partial charge is 0.487 e. The van der Waals surface area contributed by atoms with Gasteiger partial charge in [0, 0.05) is 0 Å². The molecule has 2 aromatic carbocycles. The van der Waals surface area contributed by atoms with E-state index in [2.05, 4.69) is 25.1 Å². The standard InChI is InChI=1S/C15H17NO/c1-11-4-3-5-13(8-11)10-17-15-7-6-12(2)9-14(15)16/h3-9H,10,16H2,1-2H3. The highest BCUT2D eigenvalue weighted by Crippen LogP contribution is 2.23. The summed E-state index contributed by atoms with van der Waals surface area (Å²) in [7, 11) is 0. The van der Waals surface area contributed by atoms with Crippen LogP contribution in [0.4, 0.5) is 5.69 Å². The van der Waals surface area contributed by atoms with Crippen LogP contribution in [-0.2, 0) is 6.61 Å². The van der Waals surface area contributed by atoms with Gasteiger partial charge in [0.1, 0.15) is 12.4 Å². The third kappa shape index (κ3) is 3.00. The van der Waals surface area contributed by atoms with Gasteiger partial charge in [0.2, 0.25) is 0 Å². The monoisotopic (exact) mass is 227 g/mol. The molecule has 0 aliphatic rings. The quantitative estimate of drug-likeness (QED) is 0.815. The van der Waals surface area contributed by atoms with E-state index >= 15 is 0 Å². The summed E-state index contributed by atoms with van der Waals surface area (Å²) in [5.41, 5.74) is 10.1. The zero-order valence-electron chi connectivity index (χ0n) is 10.2. The average molecular weight is 227 g/mol. The first-order valence-corrected chi connectivity index (χ1v) is 5.69. The van der Waals surface area contributed by atoms with Crippen LogP contribution < -0.4 is 10.5 Å². The first kappa shape index (κ1) is 11.5. The van der Waals surface area contributed by atoms with Crippen LogP contribution >= 0.6 is 0 Å². The molecule has 0 saturated heterocycles. The van der Waals surface area contributed by atoms with Crippen LogP contribution in [0.2, 0.25) is 0 Å². The molecule has 2 aromatic rings. The van der Waals surface area contributed by atoms with Crippen molar-refractivity contribution in [3.05, 3.63) is 59.2 Å². The molecular weight excluding hydrogens is 210 g/mol. The molecular formula is C15H17NO. The van der Waals surface area contributed by atoms with Crippen molar-refractivity contribution in [2.45, 2.75) is 20.5 Å². The second-order valence-corrected chi connectivity index (χ2v) is 4.32. The number of ether oxygens (including phenoxy) is 1. The molecule has 2 rings (SSSR count). The lowest BCUT2D eigenvalue weighted by Gasteiger charge is -2.09. The number of aryl methyl sites for hydroxylation is 2. The molecule has 0 amide bonds. The van der Waals surface area contributed by atoms with Crippen molar-refractivity contribution in [3.8, 4) is 5.75 Å². The van der Waals surface area contributed by atoms with E-state index < -0.39 is 0 Å². The Morgan fingerprint density at radius 1 is 1.00 bits per heavy atom. The van der Waals surface area contributed by atoms with E-state index in [1.165, 1.54) is 5.56 Å². The normalized spacial score (nSPS) is 10.2. The van der Waals surface area contributed by atoms with E-state index in [0.717, 1.165) is 16.9 Å². The molecule has 0 aliphatic carbocycles. The van der Waals surface area contributed by atoms with Gasteiger partial charge in [0.15, 0.2) is 0 Å². The zero-order chi connectivity index (χ0) is 12.3. The summed E-state index contributed by atoms with van der Waals surface area (Å²) in [5, 5.41) is 0. The van der Waals surface area contributed by atoms with Crippen LogP contribution in [0.15, 0.2) is 42.5 Å². The Bertz CT molecular complexity index is 520. The lowest BCUT2D eigenvalue weighted by molar-refractivity contribution is 0.308. The molecule has 88 valence electrons. The molecule has 0 aliphatic heterocycles. The number of rotatable bonds is 3. The van der Waals surface area contributed by atoms with Gasteiger partial charge in [-0.1, -0.05) is 35.9 Å². The van der Waals surface area contributed by atoms with Crippen molar-refractivity contribution < 1.29 is 4.74 Å². The molecule has 0 atom stereocenters. The van der Waals surface area contributed by atoms with Crippen molar-refractivity contribution in [2.24, 2.45) is 0 Å². The van der Waals surface area contributed by atoms with E-state index in [1.54, 1.807) is 0 Å². The first-order valence-electron chi connectivity index (χ1n) is 5.69. The van der Waals surface area contributed by atoms with Gasteiger partial charge in [-0.3, -0.25) is 0 Å². The maximum Gasteiger partial charge on any atom is 0.142 e. The van der Waals surface area contributed by atoms with Gasteiger partial charge in [-0.25, -0.2) is 0 Å². The van der Waals surface area contributed by atoms with E-state index in [1.807, 2.05) is 31.2 Å². The van der Waals surface area contributed by atoms with Crippen LogP contribution in [0, 0.1) is 13.8 Å². The third-order valence-electron chi connectivity index (χ3n) is 2.64. The van der Waals surface area contributed by atoms with E-state index in [0.29, 0.717) is 12.3 Å². The Balaban J connectivity index is 2.07. The SMILES string of the molecule is Cc1cccc(COc2ccc(C)cc2N)c1. The molecule has 2 heteroatoms. The van der Waals surface area contributed by atoms with Crippen LogP contribution in [0.5, 0.6) is 5.75 Å². The highest BCUT2D eigenvalue weighted by Gasteiger charge is 2.01. The van der Waals surface area contributed by atoms with Crippen molar-refractivity contribution in [3.63, 3.8) is 0 Å². The molecule has 0 fully saturated rings. The number of nitrogen functional groups attached to an aromatic ring is 1. The van der Waals surface area contributed by atoms with E-state index in [9.17, 15) is 0 Å². The van der Waals surface area contributed by atoms with Gasteiger partial charge in [-0.15, -0.1) is 0 Å². The smallest absolute Gasteiger partial charge is 0.142 e. The second-order valence-electron chi connectivity index (χ2n) is 4.32. The van der Waals surface area contributed by atoms with E-state index in [-0.39, 0.29) is 0 Å². The minimum absolute atomic E-state index is 0.551. The highest BCUT2D eigenvalue weighted by atomic mass is 16.5. The van der Waals surface area contributed by atoms with E-state index in [4.69, 9.17) is 10.5 Å². The summed E-state index contributed by atoms with van der Waals surface area (Å²) < 4.78 is 5.71. The molecule has 2 N–H and O–H groups in total. The fraction of sp³-hybridized carbons (Fsp3) is 0.200. The lowest BCUT2D eigenvalue weighted by Crippen LogP contribution is -1.99. The van der Waals surface area contributed by atoms with Gasteiger partial charge in [0.25, 0.3) is 0 Å². The van der Waals surface area contributed by atoms with Crippen LogP contribution in [-0.4, -0.2) is 0 Å². The van der Waals surface area contributed by atoms with Gasteiger partial charge >= 0.3 is 0 Å². The van der Waals surface area contributed by atoms with Crippen LogP contribution in [0.25, 0.3) is 0 Å². The highest BCUT2D eigenvalue weighted by molar-refractivity contribution is 5.54. The summed E-state index contributed by atoms with van der Waals surface area (Å²) in [6.07, 6.45) is 0. The molecule has 0 unspecified atom stereocenters. The van der Waals surface area contributed by atoms with Crippen molar-refractivity contribution in [1.29, 1.82) is 0 Å². The number of hydrogen-bond donors (Lipinski definition) is 1. The molecule has 0 saturated carbocycles. The predicted octanol–water partition coefficient (Wildman–Crippen LogP) is 3.46. The maximum absolute atomic E-state index is 5.89. The fourth-order valence-corrected chi connectivity index (χ4v) is 1.76. The number of anilines is 1. The number of benzene rings is 2.